The number of hydrogen-bond acceptors (Lipinski definition) is 3. The second kappa shape index (κ2) is 7.62. The molecule has 2 aromatic carbocycles. The molecule has 0 fully saturated rings. The van der Waals surface area contributed by atoms with Crippen molar-refractivity contribution < 1.29 is 4.79 Å². The summed E-state index contributed by atoms with van der Waals surface area (Å²) in [5.74, 6) is 0.685. The standard InChI is InChI=1S/C21H21N3O/c1-15-3-7-17(8-4-15)13-21(25)24-19-11-12-20(22-14-19)23-18-9-5-16(2)6-10-18/h3-12,14H,13H2,1-2H3,(H,22,23)(H,24,25). The highest BCUT2D eigenvalue weighted by atomic mass is 16.1. The molecule has 0 radical (unpaired) electrons. The van der Waals surface area contributed by atoms with Gasteiger partial charge in [-0.05, 0) is 43.7 Å². The molecular weight excluding hydrogens is 310 g/mol. The van der Waals surface area contributed by atoms with Crippen molar-refractivity contribution in [3.63, 3.8) is 0 Å². The summed E-state index contributed by atoms with van der Waals surface area (Å²) in [5, 5.41) is 6.11. The molecule has 0 spiro atoms. The van der Waals surface area contributed by atoms with Crippen molar-refractivity contribution >= 4 is 23.1 Å². The third kappa shape index (κ3) is 4.91. The van der Waals surface area contributed by atoms with Crippen LogP contribution in [-0.4, -0.2) is 10.9 Å². The molecule has 0 aliphatic heterocycles. The number of aromatic nitrogens is 1. The Morgan fingerprint density at radius 3 is 2.04 bits per heavy atom. The number of carbonyl (C=O) groups excluding carboxylic acids is 1. The molecule has 0 bridgehead atoms. The summed E-state index contributed by atoms with van der Waals surface area (Å²) in [4.78, 5) is 16.5. The maximum absolute atomic E-state index is 12.1. The molecule has 126 valence electrons. The molecule has 0 saturated heterocycles. The number of aryl methyl sites for hydroxylation is 2. The van der Waals surface area contributed by atoms with Crippen LogP contribution in [0.3, 0.4) is 0 Å². The van der Waals surface area contributed by atoms with Crippen LogP contribution >= 0.6 is 0 Å². The van der Waals surface area contributed by atoms with E-state index < -0.39 is 0 Å². The lowest BCUT2D eigenvalue weighted by molar-refractivity contribution is -0.115. The van der Waals surface area contributed by atoms with Crippen molar-refractivity contribution in [1.82, 2.24) is 4.98 Å². The number of rotatable bonds is 5. The molecule has 0 saturated carbocycles. The van der Waals surface area contributed by atoms with Crippen molar-refractivity contribution in [2.24, 2.45) is 0 Å². The fourth-order valence-electron chi connectivity index (χ4n) is 2.42. The maximum Gasteiger partial charge on any atom is 0.228 e. The van der Waals surface area contributed by atoms with Gasteiger partial charge in [0.1, 0.15) is 5.82 Å². The first-order chi connectivity index (χ1) is 12.1. The third-order valence-electron chi connectivity index (χ3n) is 3.86. The molecule has 0 aliphatic carbocycles. The molecule has 1 amide bonds. The minimum absolute atomic E-state index is 0.0510. The summed E-state index contributed by atoms with van der Waals surface area (Å²) in [6, 6.07) is 19.8. The van der Waals surface area contributed by atoms with E-state index in [9.17, 15) is 4.79 Å². The molecule has 3 aromatic rings. The quantitative estimate of drug-likeness (QED) is 0.717. The zero-order valence-corrected chi connectivity index (χ0v) is 14.4. The Bertz CT molecular complexity index is 838. The van der Waals surface area contributed by atoms with E-state index in [1.807, 2.05) is 67.6 Å². The molecule has 0 aliphatic rings. The summed E-state index contributed by atoms with van der Waals surface area (Å²) in [5.41, 5.74) is 5.06. The molecule has 4 heteroatoms. The molecule has 0 atom stereocenters. The van der Waals surface area contributed by atoms with Gasteiger partial charge in [0.2, 0.25) is 5.91 Å². The van der Waals surface area contributed by atoms with Gasteiger partial charge in [0, 0.05) is 5.69 Å². The van der Waals surface area contributed by atoms with Crippen LogP contribution in [-0.2, 0) is 11.2 Å². The molecular formula is C21H21N3O. The van der Waals surface area contributed by atoms with Crippen molar-refractivity contribution in [1.29, 1.82) is 0 Å². The van der Waals surface area contributed by atoms with Gasteiger partial charge >= 0.3 is 0 Å². The van der Waals surface area contributed by atoms with Crippen LogP contribution in [0.25, 0.3) is 0 Å². The molecule has 2 N–H and O–H groups in total. The number of pyridine rings is 1. The summed E-state index contributed by atoms with van der Waals surface area (Å²) < 4.78 is 0. The predicted octanol–water partition coefficient (Wildman–Crippen LogP) is 4.62. The predicted molar refractivity (Wildman–Crippen MR) is 102 cm³/mol. The lowest BCUT2D eigenvalue weighted by Gasteiger charge is -2.08. The summed E-state index contributed by atoms with van der Waals surface area (Å²) >= 11 is 0. The van der Waals surface area contributed by atoms with Gasteiger partial charge in [-0.25, -0.2) is 4.98 Å². The summed E-state index contributed by atoms with van der Waals surface area (Å²) in [6.07, 6.45) is 2.01. The number of hydrogen-bond donors (Lipinski definition) is 2. The summed E-state index contributed by atoms with van der Waals surface area (Å²) in [7, 11) is 0. The van der Waals surface area contributed by atoms with Gasteiger partial charge in [-0.15, -0.1) is 0 Å². The van der Waals surface area contributed by atoms with Crippen molar-refractivity contribution in [3.05, 3.63) is 83.6 Å². The normalized spacial score (nSPS) is 10.3. The van der Waals surface area contributed by atoms with Gasteiger partial charge in [-0.2, -0.15) is 0 Å². The van der Waals surface area contributed by atoms with Gasteiger partial charge in [-0.3, -0.25) is 4.79 Å². The van der Waals surface area contributed by atoms with E-state index >= 15 is 0 Å². The number of amides is 1. The third-order valence-corrected chi connectivity index (χ3v) is 3.86. The fraction of sp³-hybridized carbons (Fsp3) is 0.143. The number of anilines is 3. The average Bonchev–Trinajstić information content (AvgIpc) is 2.61. The molecule has 1 heterocycles. The van der Waals surface area contributed by atoms with Gasteiger partial charge in [0.05, 0.1) is 18.3 Å². The van der Waals surface area contributed by atoms with Gasteiger partial charge in [-0.1, -0.05) is 47.5 Å². The second-order valence-corrected chi connectivity index (χ2v) is 6.13. The van der Waals surface area contributed by atoms with Crippen molar-refractivity contribution in [2.75, 3.05) is 10.6 Å². The lowest BCUT2D eigenvalue weighted by atomic mass is 10.1. The minimum atomic E-state index is -0.0510. The topological polar surface area (TPSA) is 54.0 Å². The Morgan fingerprint density at radius 1 is 0.840 bits per heavy atom. The van der Waals surface area contributed by atoms with E-state index in [2.05, 4.69) is 22.5 Å². The number of benzene rings is 2. The van der Waals surface area contributed by atoms with Gasteiger partial charge in [0.25, 0.3) is 0 Å². The van der Waals surface area contributed by atoms with Crippen LogP contribution < -0.4 is 10.6 Å². The fourth-order valence-corrected chi connectivity index (χ4v) is 2.42. The molecule has 0 unspecified atom stereocenters. The van der Waals surface area contributed by atoms with E-state index in [0.29, 0.717) is 12.1 Å². The van der Waals surface area contributed by atoms with E-state index in [4.69, 9.17) is 0 Å². The van der Waals surface area contributed by atoms with Crippen LogP contribution in [0.2, 0.25) is 0 Å². The maximum atomic E-state index is 12.1. The largest absolute Gasteiger partial charge is 0.340 e. The SMILES string of the molecule is Cc1ccc(CC(=O)Nc2ccc(Nc3ccc(C)cc3)nc2)cc1. The van der Waals surface area contributed by atoms with Crippen molar-refractivity contribution in [3.8, 4) is 0 Å². The van der Waals surface area contributed by atoms with Crippen LogP contribution in [0.5, 0.6) is 0 Å². The van der Waals surface area contributed by atoms with E-state index in [1.165, 1.54) is 11.1 Å². The number of carbonyl (C=O) groups is 1. The lowest BCUT2D eigenvalue weighted by Crippen LogP contribution is -2.14. The van der Waals surface area contributed by atoms with Gasteiger partial charge < -0.3 is 10.6 Å². The van der Waals surface area contributed by atoms with Crippen LogP contribution in [0, 0.1) is 13.8 Å². The summed E-state index contributed by atoms with van der Waals surface area (Å²) in [6.45, 7) is 4.08. The monoisotopic (exact) mass is 331 g/mol. The smallest absolute Gasteiger partial charge is 0.228 e. The molecule has 4 nitrogen and oxygen atoms in total. The molecule has 1 aromatic heterocycles. The van der Waals surface area contributed by atoms with Gasteiger partial charge in [0.15, 0.2) is 0 Å². The zero-order valence-electron chi connectivity index (χ0n) is 14.4. The first-order valence-electron chi connectivity index (χ1n) is 8.24. The van der Waals surface area contributed by atoms with Crippen LogP contribution in [0.4, 0.5) is 17.2 Å². The highest BCUT2D eigenvalue weighted by Crippen LogP contribution is 2.17. The first-order valence-corrected chi connectivity index (χ1v) is 8.24. The molecule has 25 heavy (non-hydrogen) atoms. The van der Waals surface area contributed by atoms with E-state index in [1.54, 1.807) is 6.20 Å². The van der Waals surface area contributed by atoms with Crippen LogP contribution in [0.15, 0.2) is 66.9 Å². The van der Waals surface area contributed by atoms with Crippen molar-refractivity contribution in [2.45, 2.75) is 20.3 Å². The second-order valence-electron chi connectivity index (χ2n) is 6.13. The number of nitrogens with zero attached hydrogens (tertiary/aromatic N) is 1. The number of nitrogens with one attached hydrogen (secondary N) is 2. The van der Waals surface area contributed by atoms with E-state index in [0.717, 1.165) is 17.1 Å². The Balaban J connectivity index is 1.57. The Kier molecular flexibility index (Phi) is 5.09. The Hall–Kier alpha value is -3.14. The highest BCUT2D eigenvalue weighted by molar-refractivity contribution is 5.92. The van der Waals surface area contributed by atoms with Crippen LogP contribution in [0.1, 0.15) is 16.7 Å². The first kappa shape index (κ1) is 16.7. The Morgan fingerprint density at radius 2 is 1.44 bits per heavy atom. The molecule has 3 rings (SSSR count). The Labute approximate surface area is 147 Å². The van der Waals surface area contributed by atoms with E-state index in [-0.39, 0.29) is 5.91 Å². The average molecular weight is 331 g/mol. The minimum Gasteiger partial charge on any atom is -0.340 e. The highest BCUT2D eigenvalue weighted by Gasteiger charge is 2.05. The zero-order chi connectivity index (χ0) is 17.6.